The molecule has 0 spiro atoms. The summed E-state index contributed by atoms with van der Waals surface area (Å²) in [5.74, 6) is 0. The van der Waals surface area contributed by atoms with Gasteiger partial charge in [0.05, 0.1) is 0 Å². The van der Waals surface area contributed by atoms with E-state index in [1.807, 2.05) is 6.92 Å². The van der Waals surface area contributed by atoms with Gasteiger partial charge < -0.3 is 5.32 Å². The van der Waals surface area contributed by atoms with E-state index in [0.29, 0.717) is 6.04 Å². The first-order valence-corrected chi connectivity index (χ1v) is 8.31. The van der Waals surface area contributed by atoms with Crippen molar-refractivity contribution in [3.63, 3.8) is 0 Å². The van der Waals surface area contributed by atoms with Gasteiger partial charge in [0.15, 0.2) is 0 Å². The predicted octanol–water partition coefficient (Wildman–Crippen LogP) is 3.06. The molecule has 0 bridgehead atoms. The summed E-state index contributed by atoms with van der Waals surface area (Å²) in [6.45, 7) is 7.16. The third-order valence-electron chi connectivity index (χ3n) is 3.30. The molecule has 1 N–H and O–H groups in total. The lowest BCUT2D eigenvalue weighted by Gasteiger charge is -2.17. The van der Waals surface area contributed by atoms with E-state index in [0.717, 1.165) is 13.0 Å². The summed E-state index contributed by atoms with van der Waals surface area (Å²) in [7, 11) is -0.752. The number of benzene rings is 1. The highest BCUT2D eigenvalue weighted by atomic mass is 32.2. The Bertz CT molecular complexity index is 375. The van der Waals surface area contributed by atoms with Crippen molar-refractivity contribution in [3.8, 4) is 0 Å². The van der Waals surface area contributed by atoms with Crippen LogP contribution in [0.25, 0.3) is 0 Å². The Morgan fingerprint density at radius 2 is 1.83 bits per heavy atom. The van der Waals surface area contributed by atoms with E-state index in [1.54, 1.807) is 6.26 Å². The van der Waals surface area contributed by atoms with Crippen LogP contribution in [0.3, 0.4) is 0 Å². The van der Waals surface area contributed by atoms with Crippen LogP contribution < -0.4 is 5.32 Å². The van der Waals surface area contributed by atoms with Crippen molar-refractivity contribution < 1.29 is 4.21 Å². The molecule has 0 saturated carbocycles. The van der Waals surface area contributed by atoms with Crippen molar-refractivity contribution in [1.29, 1.82) is 0 Å². The Kier molecular flexibility index (Phi) is 6.58. The monoisotopic (exact) mass is 267 g/mol. The van der Waals surface area contributed by atoms with Crippen molar-refractivity contribution in [1.82, 2.24) is 5.32 Å². The Morgan fingerprint density at radius 1 is 1.22 bits per heavy atom. The van der Waals surface area contributed by atoms with Crippen LogP contribution in [0.1, 0.15) is 44.4 Å². The molecule has 1 aromatic rings. The first-order chi connectivity index (χ1) is 8.54. The maximum absolute atomic E-state index is 11.3. The molecule has 0 saturated heterocycles. The van der Waals surface area contributed by atoms with E-state index in [1.165, 1.54) is 17.5 Å². The van der Waals surface area contributed by atoms with E-state index >= 15 is 0 Å². The molecule has 0 fully saturated rings. The van der Waals surface area contributed by atoms with E-state index < -0.39 is 10.8 Å². The molecule has 3 atom stereocenters. The molecule has 1 aromatic carbocycles. The van der Waals surface area contributed by atoms with Crippen molar-refractivity contribution in [2.24, 2.45) is 0 Å². The predicted molar refractivity (Wildman–Crippen MR) is 80.4 cm³/mol. The summed E-state index contributed by atoms with van der Waals surface area (Å²) in [5.41, 5.74) is 2.69. The highest BCUT2D eigenvalue weighted by Gasteiger charge is 2.09. The summed E-state index contributed by atoms with van der Waals surface area (Å²) < 4.78 is 11.3. The van der Waals surface area contributed by atoms with Crippen LogP contribution in [0.4, 0.5) is 0 Å². The van der Waals surface area contributed by atoms with Gasteiger partial charge in [0.2, 0.25) is 0 Å². The molecule has 0 amide bonds. The molecule has 0 aliphatic carbocycles. The average molecular weight is 267 g/mol. The normalized spacial score (nSPS) is 16.2. The van der Waals surface area contributed by atoms with Crippen LogP contribution in [0.5, 0.6) is 0 Å². The van der Waals surface area contributed by atoms with Crippen LogP contribution >= 0.6 is 0 Å². The minimum Gasteiger partial charge on any atom is -0.309 e. The van der Waals surface area contributed by atoms with Crippen LogP contribution in [-0.4, -0.2) is 22.3 Å². The summed E-state index contributed by atoms with van der Waals surface area (Å²) in [4.78, 5) is 0. The second-order valence-corrected chi connectivity index (χ2v) is 6.73. The Hall–Kier alpha value is -0.670. The van der Waals surface area contributed by atoms with Crippen molar-refractivity contribution in [2.75, 3.05) is 12.8 Å². The van der Waals surface area contributed by atoms with E-state index in [9.17, 15) is 4.21 Å². The minimum absolute atomic E-state index is 0.201. The van der Waals surface area contributed by atoms with Gasteiger partial charge in [0.25, 0.3) is 0 Å². The number of hydrogen-bond donors (Lipinski definition) is 1. The SMILES string of the molecule is CCCc1ccc(C(C)NCC(C)S(C)=O)cc1. The summed E-state index contributed by atoms with van der Waals surface area (Å²) in [6, 6.07) is 9.11. The second kappa shape index (κ2) is 7.70. The molecule has 0 aromatic heterocycles. The lowest BCUT2D eigenvalue weighted by atomic mass is 10.0. The fraction of sp³-hybridized carbons (Fsp3) is 0.600. The Morgan fingerprint density at radius 3 is 2.33 bits per heavy atom. The van der Waals surface area contributed by atoms with Gasteiger partial charge in [-0.1, -0.05) is 37.6 Å². The van der Waals surface area contributed by atoms with E-state index in [-0.39, 0.29) is 5.25 Å². The van der Waals surface area contributed by atoms with Gasteiger partial charge in [-0.3, -0.25) is 4.21 Å². The molecule has 18 heavy (non-hydrogen) atoms. The van der Waals surface area contributed by atoms with E-state index in [2.05, 4.69) is 43.4 Å². The first kappa shape index (κ1) is 15.4. The number of aryl methyl sites for hydroxylation is 1. The third kappa shape index (κ3) is 4.91. The van der Waals surface area contributed by atoms with Crippen molar-refractivity contribution in [2.45, 2.75) is 44.9 Å². The van der Waals surface area contributed by atoms with Crippen LogP contribution in [0, 0.1) is 0 Å². The molecule has 102 valence electrons. The molecule has 0 heterocycles. The van der Waals surface area contributed by atoms with Gasteiger partial charge in [-0.2, -0.15) is 0 Å². The van der Waals surface area contributed by atoms with Gasteiger partial charge in [-0.15, -0.1) is 0 Å². The molecule has 2 nitrogen and oxygen atoms in total. The summed E-state index contributed by atoms with van der Waals surface area (Å²) in [5, 5.41) is 3.64. The zero-order valence-electron chi connectivity index (χ0n) is 11.9. The van der Waals surface area contributed by atoms with E-state index in [4.69, 9.17) is 0 Å². The highest BCUT2D eigenvalue weighted by Crippen LogP contribution is 2.14. The van der Waals surface area contributed by atoms with Crippen molar-refractivity contribution in [3.05, 3.63) is 35.4 Å². The quantitative estimate of drug-likeness (QED) is 0.822. The minimum atomic E-state index is -0.752. The van der Waals surface area contributed by atoms with Crippen LogP contribution in [0.15, 0.2) is 24.3 Å². The van der Waals surface area contributed by atoms with Crippen LogP contribution in [0.2, 0.25) is 0 Å². The Labute approximate surface area is 114 Å². The molecule has 0 radical (unpaired) electrons. The standard InChI is InChI=1S/C15H25NOS/c1-5-6-14-7-9-15(10-8-14)13(3)16-11-12(2)18(4)17/h7-10,12-13,16H,5-6,11H2,1-4H3. The van der Waals surface area contributed by atoms with Gasteiger partial charge in [-0.25, -0.2) is 0 Å². The lowest BCUT2D eigenvalue weighted by molar-refractivity contribution is 0.569. The van der Waals surface area contributed by atoms with Gasteiger partial charge >= 0.3 is 0 Å². The summed E-state index contributed by atoms with van der Waals surface area (Å²) >= 11 is 0. The maximum atomic E-state index is 11.3. The topological polar surface area (TPSA) is 29.1 Å². The molecule has 3 unspecified atom stereocenters. The zero-order valence-corrected chi connectivity index (χ0v) is 12.7. The van der Waals surface area contributed by atoms with Gasteiger partial charge in [-0.05, 0) is 31.4 Å². The first-order valence-electron chi connectivity index (χ1n) is 6.69. The molecule has 0 aliphatic heterocycles. The lowest BCUT2D eigenvalue weighted by Crippen LogP contribution is -2.29. The van der Waals surface area contributed by atoms with Crippen molar-refractivity contribution >= 4 is 10.8 Å². The average Bonchev–Trinajstić information content (AvgIpc) is 2.36. The third-order valence-corrected chi connectivity index (χ3v) is 4.60. The number of nitrogens with one attached hydrogen (secondary N) is 1. The number of rotatable bonds is 7. The van der Waals surface area contributed by atoms with Gasteiger partial charge in [0, 0.05) is 34.9 Å². The number of hydrogen-bond acceptors (Lipinski definition) is 2. The van der Waals surface area contributed by atoms with Gasteiger partial charge in [0.1, 0.15) is 0 Å². The molecular weight excluding hydrogens is 242 g/mol. The summed E-state index contributed by atoms with van der Waals surface area (Å²) in [6.07, 6.45) is 4.09. The molecular formula is C15H25NOS. The smallest absolute Gasteiger partial charge is 0.0441 e. The largest absolute Gasteiger partial charge is 0.309 e. The molecule has 3 heteroatoms. The maximum Gasteiger partial charge on any atom is 0.0441 e. The van der Waals surface area contributed by atoms with Crippen LogP contribution in [-0.2, 0) is 17.2 Å². The molecule has 1 rings (SSSR count). The fourth-order valence-corrected chi connectivity index (χ4v) is 2.17. The Balaban J connectivity index is 2.50. The zero-order chi connectivity index (χ0) is 13.5. The molecule has 0 aliphatic rings. The second-order valence-electron chi connectivity index (χ2n) is 4.93. The highest BCUT2D eigenvalue weighted by molar-refractivity contribution is 7.84. The fourth-order valence-electron chi connectivity index (χ4n) is 1.84.